The predicted molar refractivity (Wildman–Crippen MR) is 82.1 cm³/mol. The SMILES string of the molecule is CCCS(=O)Cc1cc(C(C)NCC)ccc1OC. The second-order valence-electron chi connectivity index (χ2n) is 4.64. The monoisotopic (exact) mass is 283 g/mol. The molecule has 0 aliphatic rings. The summed E-state index contributed by atoms with van der Waals surface area (Å²) >= 11 is 0. The molecule has 1 N–H and O–H groups in total. The first-order valence-corrected chi connectivity index (χ1v) is 8.36. The van der Waals surface area contributed by atoms with E-state index in [1.54, 1.807) is 7.11 Å². The fourth-order valence-electron chi connectivity index (χ4n) is 2.08. The zero-order valence-electron chi connectivity index (χ0n) is 12.4. The van der Waals surface area contributed by atoms with Crippen molar-refractivity contribution in [3.8, 4) is 5.75 Å². The first-order chi connectivity index (χ1) is 9.12. The maximum absolute atomic E-state index is 11.9. The van der Waals surface area contributed by atoms with Crippen LogP contribution in [0, 0.1) is 0 Å². The number of methoxy groups -OCH3 is 1. The zero-order valence-corrected chi connectivity index (χ0v) is 13.2. The smallest absolute Gasteiger partial charge is 0.123 e. The lowest BCUT2D eigenvalue weighted by molar-refractivity contribution is 0.410. The van der Waals surface area contributed by atoms with E-state index in [2.05, 4.69) is 38.2 Å². The van der Waals surface area contributed by atoms with Crippen molar-refractivity contribution in [3.05, 3.63) is 29.3 Å². The van der Waals surface area contributed by atoms with Crippen molar-refractivity contribution in [1.29, 1.82) is 0 Å². The molecule has 1 aromatic rings. The molecule has 2 atom stereocenters. The highest BCUT2D eigenvalue weighted by Gasteiger charge is 2.11. The molecule has 0 aromatic heterocycles. The summed E-state index contributed by atoms with van der Waals surface area (Å²) in [6.45, 7) is 7.22. The number of benzene rings is 1. The Morgan fingerprint density at radius 2 is 2.11 bits per heavy atom. The molecule has 2 unspecified atom stereocenters. The molecule has 1 rings (SSSR count). The fourth-order valence-corrected chi connectivity index (χ4v) is 3.25. The van der Waals surface area contributed by atoms with Gasteiger partial charge in [0.1, 0.15) is 5.75 Å². The van der Waals surface area contributed by atoms with Gasteiger partial charge in [-0.15, -0.1) is 0 Å². The van der Waals surface area contributed by atoms with E-state index in [0.29, 0.717) is 11.8 Å². The Morgan fingerprint density at radius 1 is 1.37 bits per heavy atom. The molecule has 19 heavy (non-hydrogen) atoms. The Hall–Kier alpha value is -0.870. The minimum atomic E-state index is -0.809. The minimum absolute atomic E-state index is 0.300. The van der Waals surface area contributed by atoms with Crippen LogP contribution in [-0.4, -0.2) is 23.6 Å². The second kappa shape index (κ2) is 8.33. The Bertz CT molecular complexity index is 421. The molecule has 0 spiro atoms. The molecule has 4 heteroatoms. The van der Waals surface area contributed by atoms with Crippen molar-refractivity contribution in [3.63, 3.8) is 0 Å². The maximum atomic E-state index is 11.9. The highest BCUT2D eigenvalue weighted by molar-refractivity contribution is 7.84. The van der Waals surface area contributed by atoms with E-state index in [0.717, 1.165) is 30.0 Å². The van der Waals surface area contributed by atoms with Crippen LogP contribution in [0.2, 0.25) is 0 Å². The summed E-state index contributed by atoms with van der Waals surface area (Å²) < 4.78 is 17.3. The van der Waals surface area contributed by atoms with Crippen molar-refractivity contribution >= 4 is 10.8 Å². The van der Waals surface area contributed by atoms with Crippen LogP contribution in [-0.2, 0) is 16.6 Å². The summed E-state index contributed by atoms with van der Waals surface area (Å²) in [6.07, 6.45) is 0.947. The standard InChI is InChI=1S/C15H25NO2S/c1-5-9-19(17)11-14-10-13(12(3)16-6-2)7-8-15(14)18-4/h7-8,10,12,16H,5-6,9,11H2,1-4H3. The Morgan fingerprint density at radius 3 is 2.68 bits per heavy atom. The largest absolute Gasteiger partial charge is 0.496 e. The van der Waals surface area contributed by atoms with Crippen molar-refractivity contribution < 1.29 is 8.95 Å². The first kappa shape index (κ1) is 16.2. The summed E-state index contributed by atoms with van der Waals surface area (Å²) in [5, 5.41) is 3.39. The van der Waals surface area contributed by atoms with Gasteiger partial charge in [-0.3, -0.25) is 4.21 Å². The third-order valence-electron chi connectivity index (χ3n) is 3.06. The van der Waals surface area contributed by atoms with E-state index in [-0.39, 0.29) is 0 Å². The number of ether oxygens (including phenoxy) is 1. The third kappa shape index (κ3) is 4.96. The van der Waals surface area contributed by atoms with Gasteiger partial charge >= 0.3 is 0 Å². The van der Waals surface area contributed by atoms with Gasteiger partial charge in [0.15, 0.2) is 0 Å². The Kier molecular flexibility index (Phi) is 7.10. The van der Waals surface area contributed by atoms with Crippen LogP contribution in [0.1, 0.15) is 44.4 Å². The molecule has 0 heterocycles. The van der Waals surface area contributed by atoms with Crippen molar-refractivity contribution in [2.45, 2.75) is 39.0 Å². The molecule has 108 valence electrons. The van der Waals surface area contributed by atoms with Crippen LogP contribution in [0.15, 0.2) is 18.2 Å². The second-order valence-corrected chi connectivity index (χ2v) is 6.22. The van der Waals surface area contributed by atoms with Gasteiger partial charge in [-0.2, -0.15) is 0 Å². The summed E-state index contributed by atoms with van der Waals surface area (Å²) in [5.74, 6) is 2.15. The molecule has 0 amide bonds. The minimum Gasteiger partial charge on any atom is -0.496 e. The van der Waals surface area contributed by atoms with Gasteiger partial charge in [0.2, 0.25) is 0 Å². The number of nitrogens with one attached hydrogen (secondary N) is 1. The first-order valence-electron chi connectivity index (χ1n) is 6.87. The summed E-state index contributed by atoms with van der Waals surface area (Å²) in [5.41, 5.74) is 2.25. The van der Waals surface area contributed by atoms with Crippen LogP contribution in [0.25, 0.3) is 0 Å². The van der Waals surface area contributed by atoms with E-state index >= 15 is 0 Å². The van der Waals surface area contributed by atoms with Crippen LogP contribution < -0.4 is 10.1 Å². The van der Waals surface area contributed by atoms with Gasteiger partial charge in [-0.25, -0.2) is 0 Å². The summed E-state index contributed by atoms with van der Waals surface area (Å²) in [7, 11) is 0.853. The molecule has 1 aromatic carbocycles. The number of rotatable bonds is 8. The molecule has 3 nitrogen and oxygen atoms in total. The molecular weight excluding hydrogens is 258 g/mol. The van der Waals surface area contributed by atoms with E-state index in [1.807, 2.05) is 6.07 Å². The normalized spacial score (nSPS) is 14.1. The molecule has 0 saturated carbocycles. The average Bonchev–Trinajstić information content (AvgIpc) is 2.39. The third-order valence-corrected chi connectivity index (χ3v) is 4.56. The van der Waals surface area contributed by atoms with E-state index in [4.69, 9.17) is 4.74 Å². The van der Waals surface area contributed by atoms with Crippen LogP contribution >= 0.6 is 0 Å². The van der Waals surface area contributed by atoms with Gasteiger partial charge in [0.25, 0.3) is 0 Å². The lowest BCUT2D eigenvalue weighted by Crippen LogP contribution is -2.18. The lowest BCUT2D eigenvalue weighted by Gasteiger charge is -2.16. The zero-order chi connectivity index (χ0) is 14.3. The molecular formula is C15H25NO2S. The Balaban J connectivity index is 2.92. The topological polar surface area (TPSA) is 38.3 Å². The molecule has 0 bridgehead atoms. The van der Waals surface area contributed by atoms with Crippen LogP contribution in [0.5, 0.6) is 5.75 Å². The van der Waals surface area contributed by atoms with Crippen LogP contribution in [0.3, 0.4) is 0 Å². The molecule has 0 fully saturated rings. The van der Waals surface area contributed by atoms with Gasteiger partial charge < -0.3 is 10.1 Å². The average molecular weight is 283 g/mol. The van der Waals surface area contributed by atoms with Gasteiger partial charge in [-0.1, -0.05) is 19.9 Å². The molecule has 0 aliphatic carbocycles. The molecule has 0 saturated heterocycles. The quantitative estimate of drug-likeness (QED) is 0.797. The molecule has 0 aliphatic heterocycles. The van der Waals surface area contributed by atoms with E-state index in [1.165, 1.54) is 5.56 Å². The van der Waals surface area contributed by atoms with E-state index in [9.17, 15) is 4.21 Å². The fraction of sp³-hybridized carbons (Fsp3) is 0.600. The van der Waals surface area contributed by atoms with Gasteiger partial charge in [0, 0.05) is 28.2 Å². The van der Waals surface area contributed by atoms with Gasteiger partial charge in [0.05, 0.1) is 12.9 Å². The number of hydrogen-bond donors (Lipinski definition) is 1. The van der Waals surface area contributed by atoms with Crippen molar-refractivity contribution in [1.82, 2.24) is 5.32 Å². The number of hydrogen-bond acceptors (Lipinski definition) is 3. The Labute approximate surface area is 119 Å². The maximum Gasteiger partial charge on any atom is 0.123 e. The van der Waals surface area contributed by atoms with Crippen molar-refractivity contribution in [2.24, 2.45) is 0 Å². The summed E-state index contributed by atoms with van der Waals surface area (Å²) in [4.78, 5) is 0. The highest BCUT2D eigenvalue weighted by Crippen LogP contribution is 2.24. The summed E-state index contributed by atoms with van der Waals surface area (Å²) in [6, 6.07) is 6.45. The molecule has 0 radical (unpaired) electrons. The predicted octanol–water partition coefficient (Wildman–Crippen LogP) is 3.02. The highest BCUT2D eigenvalue weighted by atomic mass is 32.2. The lowest BCUT2D eigenvalue weighted by atomic mass is 10.0. The van der Waals surface area contributed by atoms with Gasteiger partial charge in [-0.05, 0) is 37.6 Å². The van der Waals surface area contributed by atoms with Crippen molar-refractivity contribution in [2.75, 3.05) is 19.4 Å². The van der Waals surface area contributed by atoms with Crippen LogP contribution in [0.4, 0.5) is 0 Å². The van der Waals surface area contributed by atoms with E-state index < -0.39 is 10.8 Å².